The van der Waals surface area contributed by atoms with Crippen molar-refractivity contribution in [2.75, 3.05) is 47.4 Å². The number of likely N-dealkylation sites (tertiary alicyclic amines) is 2. The third kappa shape index (κ3) is 17.4. The fourth-order valence-corrected chi connectivity index (χ4v) is 4.29. The van der Waals surface area contributed by atoms with E-state index in [-0.39, 0.29) is 65.1 Å². The molecule has 0 saturated carbocycles. The van der Waals surface area contributed by atoms with E-state index in [1.165, 1.54) is 5.56 Å². The normalized spacial score (nSPS) is 21.6. The van der Waals surface area contributed by atoms with Crippen LogP contribution in [-0.2, 0) is 27.5 Å². The molecule has 0 amide bonds. The van der Waals surface area contributed by atoms with Crippen LogP contribution >= 0.6 is 0 Å². The number of carbonyl (C=O) groups is 1. The quantitative estimate of drug-likeness (QED) is 0.507. The maximum atomic E-state index is 11.5. The maximum absolute atomic E-state index is 11.5. The van der Waals surface area contributed by atoms with Crippen molar-refractivity contribution in [2.45, 2.75) is 64.6 Å². The van der Waals surface area contributed by atoms with E-state index in [1.54, 1.807) is 0 Å². The third-order valence-electron chi connectivity index (χ3n) is 6.29. The number of aliphatic hydroxyl groups excluding tert-OH is 2. The number of likely N-dealkylation sites (N-methyl/N-ethyl adjacent to an activating group) is 2. The summed E-state index contributed by atoms with van der Waals surface area (Å²) in [5.74, 6) is 0.312. The molecule has 0 aromatic heterocycles. The van der Waals surface area contributed by atoms with Gasteiger partial charge in [0, 0.05) is 61.0 Å². The average molecular weight is 552 g/mol. The molecule has 0 spiro atoms. The molecule has 7 nitrogen and oxygen atoms in total. The molecule has 3 unspecified atom stereocenters. The molecule has 2 aromatic carbocycles. The van der Waals surface area contributed by atoms with Gasteiger partial charge in [-0.25, -0.2) is 0 Å². The minimum absolute atomic E-state index is 0. The van der Waals surface area contributed by atoms with Gasteiger partial charge in [-0.05, 0) is 31.6 Å². The molecule has 39 heavy (non-hydrogen) atoms. The van der Waals surface area contributed by atoms with E-state index < -0.39 is 0 Å². The summed E-state index contributed by atoms with van der Waals surface area (Å²) in [6, 6.07) is 20.3. The van der Waals surface area contributed by atoms with Crippen LogP contribution in [0.5, 0.6) is 0 Å². The van der Waals surface area contributed by atoms with Gasteiger partial charge in [0.15, 0.2) is 0 Å². The molecule has 2 saturated heterocycles. The van der Waals surface area contributed by atoms with Crippen LogP contribution in [0.2, 0.25) is 0 Å². The van der Waals surface area contributed by atoms with Crippen molar-refractivity contribution in [1.82, 2.24) is 9.80 Å². The molecule has 2 aromatic rings. The summed E-state index contributed by atoms with van der Waals surface area (Å²) in [6.07, 6.45) is 2.76. The van der Waals surface area contributed by atoms with E-state index >= 15 is 0 Å². The molecule has 2 fully saturated rings. The second kappa shape index (κ2) is 23.6. The molecule has 2 heterocycles. The summed E-state index contributed by atoms with van der Waals surface area (Å²) >= 11 is 0. The molecule has 0 aliphatic carbocycles. The van der Waals surface area contributed by atoms with Crippen molar-refractivity contribution in [3.63, 3.8) is 0 Å². The van der Waals surface area contributed by atoms with Crippen LogP contribution in [0.25, 0.3) is 0 Å². The topological polar surface area (TPSA) is 82.5 Å². The van der Waals surface area contributed by atoms with E-state index in [1.807, 2.05) is 55.6 Å². The first kappa shape index (κ1) is 40.1. The average Bonchev–Trinajstić information content (AvgIpc) is 3.18. The Morgan fingerprint density at radius 2 is 1.31 bits per heavy atom. The summed E-state index contributed by atoms with van der Waals surface area (Å²) in [5.41, 5.74) is 2.35. The first-order valence-corrected chi connectivity index (χ1v) is 12.8. The molecule has 9 heteroatoms. The Morgan fingerprint density at radius 3 is 1.85 bits per heavy atom. The van der Waals surface area contributed by atoms with Crippen LogP contribution in [0.15, 0.2) is 60.7 Å². The van der Waals surface area contributed by atoms with E-state index in [0.717, 1.165) is 51.7 Å². The van der Waals surface area contributed by atoms with Crippen LogP contribution in [0.4, 0.5) is 0 Å². The number of benzene rings is 2. The van der Waals surface area contributed by atoms with Crippen LogP contribution in [-0.4, -0.2) is 99.9 Å². The first-order chi connectivity index (χ1) is 17.5. The number of ketones is 1. The van der Waals surface area contributed by atoms with Crippen LogP contribution < -0.4 is 29.6 Å². The molecular weight excluding hydrogens is 502 g/mol. The zero-order chi connectivity index (χ0) is 26.2. The Hall–Kier alpha value is -1.07. The van der Waals surface area contributed by atoms with Crippen LogP contribution in [0, 0.1) is 0 Å². The molecule has 213 valence electrons. The van der Waals surface area contributed by atoms with Gasteiger partial charge in [0.2, 0.25) is 0 Å². The zero-order valence-electron chi connectivity index (χ0n) is 24.7. The third-order valence-corrected chi connectivity index (χ3v) is 6.29. The van der Waals surface area contributed by atoms with E-state index in [0.29, 0.717) is 31.8 Å². The van der Waals surface area contributed by atoms with Crippen molar-refractivity contribution >= 4 is 14.2 Å². The minimum Gasteiger partial charge on any atom is -1.00 e. The number of hydrogen-bond donors (Lipinski definition) is 2. The van der Waals surface area contributed by atoms with Gasteiger partial charge < -0.3 is 30.9 Å². The predicted octanol–water partition coefficient (Wildman–Crippen LogP) is 0.505. The minimum atomic E-state index is -0.222. The number of hydrogen-bond acceptors (Lipinski definition) is 7. The Kier molecular flexibility index (Phi) is 24.3. The monoisotopic (exact) mass is 551 g/mol. The van der Waals surface area contributed by atoms with E-state index in [9.17, 15) is 9.90 Å². The molecular formula is C30H49BN2NaO5. The first-order valence-electron chi connectivity index (χ1n) is 12.8. The SMILES string of the molecule is C.CN1CCC(=O)CC(OCc2ccccc2)C1.CN1CCC(O)CC(OCc2ccccc2)C1.CO.[B].[H-].[Na+]. The van der Waals surface area contributed by atoms with Crippen LogP contribution in [0.1, 0.15) is 45.7 Å². The van der Waals surface area contributed by atoms with Gasteiger partial charge in [-0.3, -0.25) is 4.79 Å². The summed E-state index contributed by atoms with van der Waals surface area (Å²) in [4.78, 5) is 15.9. The van der Waals surface area contributed by atoms with Gasteiger partial charge in [0.1, 0.15) is 5.78 Å². The molecule has 0 bridgehead atoms. The van der Waals surface area contributed by atoms with Crippen LogP contribution in [0.3, 0.4) is 0 Å². The Bertz CT molecular complexity index is 845. The molecule has 2 aliphatic rings. The van der Waals surface area contributed by atoms with Gasteiger partial charge in [-0.15, -0.1) is 0 Å². The number of carbonyl (C=O) groups excluding carboxylic acids is 1. The number of nitrogens with zero attached hydrogens (tertiary/aromatic N) is 2. The fraction of sp³-hybridized carbons (Fsp3) is 0.567. The summed E-state index contributed by atoms with van der Waals surface area (Å²) in [7, 11) is 5.12. The van der Waals surface area contributed by atoms with Crippen molar-refractivity contribution in [2.24, 2.45) is 0 Å². The smallest absolute Gasteiger partial charge is 1.00 e. The summed E-state index contributed by atoms with van der Waals surface area (Å²) in [6.45, 7) is 4.78. The van der Waals surface area contributed by atoms with Gasteiger partial charge in [0.05, 0.1) is 31.5 Å². The van der Waals surface area contributed by atoms with Crippen molar-refractivity contribution < 1.29 is 55.5 Å². The Morgan fingerprint density at radius 1 is 0.846 bits per heavy atom. The number of rotatable bonds is 6. The standard InChI is InChI=1S/C14H21NO2.C14H19NO2.CH4O.CH4.B.Na.H/c2*1-15-8-7-13(16)9-14(10-15)17-11-12-5-3-2-4-6-12;1-2;;;;/h2-6,13-14,16H,7-11H2,1H3;2-6,14H,7-11H2,1H3;2H,1H3;1H4;;;/q;;;;;+1;-1. The van der Waals surface area contributed by atoms with Gasteiger partial charge in [-0.1, -0.05) is 68.1 Å². The number of ether oxygens (including phenoxy) is 2. The van der Waals surface area contributed by atoms with Crippen molar-refractivity contribution in [3.05, 3.63) is 71.8 Å². The molecule has 4 rings (SSSR count). The molecule has 2 N–H and O–H groups in total. The number of aliphatic hydroxyl groups is 2. The van der Waals surface area contributed by atoms with E-state index in [4.69, 9.17) is 14.6 Å². The Labute approximate surface area is 262 Å². The largest absolute Gasteiger partial charge is 1.00 e. The Balaban J connectivity index is -0.000000589. The number of Topliss-reactive ketones (excluding diaryl/α,β-unsaturated/α-hetero) is 1. The van der Waals surface area contributed by atoms with Gasteiger partial charge >= 0.3 is 29.6 Å². The van der Waals surface area contributed by atoms with E-state index in [2.05, 4.69) is 29.0 Å². The van der Waals surface area contributed by atoms with Gasteiger partial charge in [-0.2, -0.15) is 0 Å². The molecule has 2 aliphatic heterocycles. The zero-order valence-corrected chi connectivity index (χ0v) is 25.7. The maximum Gasteiger partial charge on any atom is 1.00 e. The fourth-order valence-electron chi connectivity index (χ4n) is 4.29. The second-order valence-corrected chi connectivity index (χ2v) is 9.53. The second-order valence-electron chi connectivity index (χ2n) is 9.53. The van der Waals surface area contributed by atoms with Crippen molar-refractivity contribution in [3.8, 4) is 0 Å². The van der Waals surface area contributed by atoms with Crippen molar-refractivity contribution in [1.29, 1.82) is 0 Å². The predicted molar refractivity (Wildman–Crippen MR) is 156 cm³/mol. The molecule has 3 radical (unpaired) electrons. The molecule has 3 atom stereocenters. The van der Waals surface area contributed by atoms with Gasteiger partial charge in [0.25, 0.3) is 0 Å². The summed E-state index contributed by atoms with van der Waals surface area (Å²) in [5, 5.41) is 16.8. The summed E-state index contributed by atoms with van der Waals surface area (Å²) < 4.78 is 11.7.